The lowest BCUT2D eigenvalue weighted by Crippen LogP contribution is -2.78. The molecule has 0 aromatic heterocycles. The molecule has 2 N–H and O–H groups in total. The second-order valence-corrected chi connectivity index (χ2v) is 16.2. The summed E-state index contributed by atoms with van der Waals surface area (Å²) in [5.74, 6) is 0.386. The van der Waals surface area contributed by atoms with Crippen molar-refractivity contribution in [2.24, 2.45) is 10.8 Å². The highest BCUT2D eigenvalue weighted by atomic mass is 16.6. The Kier molecular flexibility index (Phi) is 12.2. The van der Waals surface area contributed by atoms with Crippen molar-refractivity contribution in [2.75, 3.05) is 19.7 Å². The van der Waals surface area contributed by atoms with Crippen molar-refractivity contribution in [1.29, 1.82) is 0 Å². The quantitative estimate of drug-likeness (QED) is 0.188. The van der Waals surface area contributed by atoms with E-state index in [1.807, 2.05) is 68.4 Å². The zero-order valence-electron chi connectivity index (χ0n) is 28.1. The number of Topliss-reactive ketones (excluding diaryl/α,β-unsaturated/α-hetero) is 2. The summed E-state index contributed by atoms with van der Waals surface area (Å²) in [6.07, 6.45) is 9.57. The first-order valence-electron chi connectivity index (χ1n) is 15.2. The van der Waals surface area contributed by atoms with E-state index in [-0.39, 0.29) is 40.8 Å². The van der Waals surface area contributed by atoms with E-state index in [1.54, 1.807) is 4.90 Å². The first-order valence-corrected chi connectivity index (χ1v) is 15.2. The summed E-state index contributed by atoms with van der Waals surface area (Å²) in [6, 6.07) is 0. The lowest BCUT2D eigenvalue weighted by atomic mass is 9.73. The van der Waals surface area contributed by atoms with Crippen LogP contribution in [0.3, 0.4) is 0 Å². The maximum Gasteiger partial charge on any atom is 0.410 e. The summed E-state index contributed by atoms with van der Waals surface area (Å²) >= 11 is 0. The van der Waals surface area contributed by atoms with Gasteiger partial charge in [-0.3, -0.25) is 14.9 Å². The van der Waals surface area contributed by atoms with Gasteiger partial charge in [-0.05, 0) is 67.7 Å². The Morgan fingerprint density at radius 3 is 1.77 bits per heavy atom. The van der Waals surface area contributed by atoms with Crippen molar-refractivity contribution in [3.8, 4) is 0 Å². The van der Waals surface area contributed by atoms with Crippen molar-refractivity contribution in [1.82, 2.24) is 15.5 Å². The molecule has 1 heterocycles. The summed E-state index contributed by atoms with van der Waals surface area (Å²) in [4.78, 5) is 40.5. The number of nitrogens with one attached hydrogen (secondary N) is 2. The average molecular weight is 564 g/mol. The van der Waals surface area contributed by atoms with Crippen LogP contribution in [0.25, 0.3) is 0 Å². The van der Waals surface area contributed by atoms with Gasteiger partial charge in [0.25, 0.3) is 0 Å². The molecule has 1 amide bonds. The van der Waals surface area contributed by atoms with Gasteiger partial charge in [-0.2, -0.15) is 0 Å². The third-order valence-electron chi connectivity index (χ3n) is 7.01. The zero-order chi connectivity index (χ0) is 31.2. The molecule has 1 aliphatic rings. The molecule has 232 valence electrons. The Bertz CT molecular complexity index is 891. The molecule has 0 saturated carbocycles. The van der Waals surface area contributed by atoms with E-state index in [4.69, 9.17) is 4.74 Å². The molecule has 1 fully saturated rings. The number of nitrogens with zero attached hydrogens (tertiary/aromatic N) is 1. The molecule has 0 spiro atoms. The predicted octanol–water partition coefficient (Wildman–Crippen LogP) is 6.84. The molecule has 0 unspecified atom stereocenters. The molecule has 0 bridgehead atoms. The highest BCUT2D eigenvalue weighted by Crippen LogP contribution is 2.33. The van der Waals surface area contributed by atoms with Crippen molar-refractivity contribution < 1.29 is 19.1 Å². The van der Waals surface area contributed by atoms with Crippen LogP contribution in [0.5, 0.6) is 0 Å². The minimum Gasteiger partial charge on any atom is -0.445 e. The van der Waals surface area contributed by atoms with Gasteiger partial charge >= 0.3 is 6.09 Å². The van der Waals surface area contributed by atoms with Gasteiger partial charge in [-0.25, -0.2) is 4.79 Å². The Labute approximate surface area is 245 Å². The Balaban J connectivity index is 2.40. The van der Waals surface area contributed by atoms with Crippen molar-refractivity contribution in [3.05, 3.63) is 12.2 Å². The van der Waals surface area contributed by atoms with Gasteiger partial charge < -0.3 is 15.0 Å². The smallest absolute Gasteiger partial charge is 0.410 e. The molecule has 1 rings (SSSR count). The number of ketones is 2. The van der Waals surface area contributed by atoms with Crippen LogP contribution in [-0.2, 0) is 14.3 Å². The zero-order valence-corrected chi connectivity index (χ0v) is 28.1. The SMILES string of the molecule is CC(C)(C)NC1(C(=O)C(C)(C)C)CN(C(=O)OC/C=C/CCCCCC[C@](C)(NC(C)(C)C)C(=O)C(C)(C)C)C1. The molecule has 0 radical (unpaired) electrons. The number of ether oxygens (including phenoxy) is 1. The third-order valence-corrected chi connectivity index (χ3v) is 7.01. The Morgan fingerprint density at radius 2 is 1.30 bits per heavy atom. The van der Waals surface area contributed by atoms with E-state index >= 15 is 0 Å². The average Bonchev–Trinajstić information content (AvgIpc) is 2.72. The van der Waals surface area contributed by atoms with E-state index in [0.717, 1.165) is 38.5 Å². The van der Waals surface area contributed by atoms with Gasteiger partial charge in [0.1, 0.15) is 12.1 Å². The van der Waals surface area contributed by atoms with Gasteiger partial charge in [0.15, 0.2) is 11.6 Å². The summed E-state index contributed by atoms with van der Waals surface area (Å²) in [5, 5.41) is 7.05. The third kappa shape index (κ3) is 11.6. The maximum absolute atomic E-state index is 13.2. The number of unbranched alkanes of at least 4 members (excludes halogenated alkanes) is 4. The Hall–Kier alpha value is -1.73. The van der Waals surface area contributed by atoms with E-state index in [9.17, 15) is 14.4 Å². The molecular formula is C33H61N3O4. The number of carbonyl (C=O) groups excluding carboxylic acids is 3. The molecule has 0 aliphatic carbocycles. The second kappa shape index (κ2) is 13.5. The summed E-state index contributed by atoms with van der Waals surface area (Å²) in [5.41, 5.74) is -2.51. The highest BCUT2D eigenvalue weighted by molar-refractivity contribution is 5.95. The summed E-state index contributed by atoms with van der Waals surface area (Å²) < 4.78 is 5.43. The number of hydrogen-bond acceptors (Lipinski definition) is 6. The molecule has 1 saturated heterocycles. The topological polar surface area (TPSA) is 87.7 Å². The van der Waals surface area contributed by atoms with Gasteiger partial charge in [-0.1, -0.05) is 73.0 Å². The number of hydrogen-bond donors (Lipinski definition) is 2. The van der Waals surface area contributed by atoms with Crippen molar-refractivity contribution >= 4 is 17.7 Å². The van der Waals surface area contributed by atoms with Gasteiger partial charge in [-0.15, -0.1) is 0 Å². The van der Waals surface area contributed by atoms with Crippen LogP contribution in [0.4, 0.5) is 4.79 Å². The summed E-state index contributed by atoms with van der Waals surface area (Å²) in [6.45, 7) is 27.1. The fourth-order valence-electron chi connectivity index (χ4n) is 5.83. The van der Waals surface area contributed by atoms with Crippen LogP contribution in [0.2, 0.25) is 0 Å². The number of allylic oxidation sites excluding steroid dienone is 1. The normalized spacial score (nSPS) is 17.9. The first kappa shape index (κ1) is 36.3. The number of likely N-dealkylation sites (tertiary alicyclic amines) is 1. The lowest BCUT2D eigenvalue weighted by molar-refractivity contribution is -0.141. The van der Waals surface area contributed by atoms with Crippen LogP contribution in [0, 0.1) is 10.8 Å². The second-order valence-electron chi connectivity index (χ2n) is 16.2. The van der Waals surface area contributed by atoms with Crippen LogP contribution < -0.4 is 10.6 Å². The molecule has 1 atom stereocenters. The van der Waals surface area contributed by atoms with E-state index < -0.39 is 16.5 Å². The lowest BCUT2D eigenvalue weighted by Gasteiger charge is -2.53. The van der Waals surface area contributed by atoms with E-state index in [0.29, 0.717) is 13.1 Å². The first-order chi connectivity index (χ1) is 17.9. The number of amides is 1. The standard InChI is InChI=1S/C33H61N3O4/c1-28(2,3)25(37)32(13,34-30(7,8)9)21-19-17-15-14-16-18-20-22-40-27(39)36-23-33(24-36,35-31(10,11)12)26(38)29(4,5)6/h18,20,34-35H,14-17,19,21-24H2,1-13H3/b20-18+/t32-/m0/s1. The minimum absolute atomic E-state index is 0.120. The maximum atomic E-state index is 13.2. The van der Waals surface area contributed by atoms with Gasteiger partial charge in [0, 0.05) is 21.9 Å². The minimum atomic E-state index is -0.731. The Morgan fingerprint density at radius 1 is 0.750 bits per heavy atom. The van der Waals surface area contributed by atoms with Crippen molar-refractivity contribution in [3.63, 3.8) is 0 Å². The fourth-order valence-corrected chi connectivity index (χ4v) is 5.83. The van der Waals surface area contributed by atoms with Crippen LogP contribution >= 0.6 is 0 Å². The monoisotopic (exact) mass is 563 g/mol. The number of carbonyl (C=O) groups is 3. The summed E-state index contributed by atoms with van der Waals surface area (Å²) in [7, 11) is 0. The van der Waals surface area contributed by atoms with E-state index in [2.05, 4.69) is 44.4 Å². The van der Waals surface area contributed by atoms with Gasteiger partial charge in [0.2, 0.25) is 0 Å². The highest BCUT2D eigenvalue weighted by Gasteiger charge is 2.55. The largest absolute Gasteiger partial charge is 0.445 e. The molecule has 40 heavy (non-hydrogen) atoms. The molecule has 0 aromatic rings. The van der Waals surface area contributed by atoms with Crippen LogP contribution in [-0.4, -0.2) is 64.4 Å². The molecular weight excluding hydrogens is 502 g/mol. The molecule has 7 heteroatoms. The molecule has 7 nitrogen and oxygen atoms in total. The van der Waals surface area contributed by atoms with E-state index in [1.165, 1.54) is 0 Å². The molecule has 1 aliphatic heterocycles. The van der Waals surface area contributed by atoms with Crippen molar-refractivity contribution in [2.45, 2.75) is 151 Å². The fraction of sp³-hybridized carbons (Fsp3) is 0.848. The molecule has 0 aromatic carbocycles. The van der Waals surface area contributed by atoms with Crippen LogP contribution in [0.1, 0.15) is 129 Å². The number of rotatable bonds is 13. The predicted molar refractivity (Wildman–Crippen MR) is 166 cm³/mol. The van der Waals surface area contributed by atoms with Gasteiger partial charge in [0.05, 0.1) is 18.6 Å². The van der Waals surface area contributed by atoms with Crippen LogP contribution in [0.15, 0.2) is 12.2 Å².